The molecule has 0 unspecified atom stereocenters. The molecule has 0 fully saturated rings. The first kappa shape index (κ1) is 19.1. The average Bonchev–Trinajstić information content (AvgIpc) is 3.51. The van der Waals surface area contributed by atoms with Gasteiger partial charge in [-0.25, -0.2) is 0 Å². The number of carbonyl (C=O) groups excluding carboxylic acids is 3. The maximum atomic E-state index is 12.7. The van der Waals surface area contributed by atoms with Crippen LogP contribution in [-0.4, -0.2) is 35.8 Å². The molecule has 0 bridgehead atoms. The molecule has 3 heterocycles. The van der Waals surface area contributed by atoms with Crippen LogP contribution in [0.1, 0.15) is 48.0 Å². The summed E-state index contributed by atoms with van der Waals surface area (Å²) >= 11 is 0. The number of hydrogen-bond donors (Lipinski definition) is 1. The zero-order chi connectivity index (χ0) is 21.4. The fourth-order valence-corrected chi connectivity index (χ4v) is 3.95. The summed E-state index contributed by atoms with van der Waals surface area (Å²) in [7, 11) is 0. The molecular weight excluding hydrogens is 396 g/mol. The molecule has 3 aromatic rings. The van der Waals surface area contributed by atoms with Crippen LogP contribution in [0.4, 0.5) is 0 Å². The van der Waals surface area contributed by atoms with Gasteiger partial charge in [0.05, 0.1) is 30.5 Å². The molecule has 2 aliphatic rings. The molecule has 1 N–H and O–H groups in total. The Labute approximate surface area is 178 Å². The first-order valence-electron chi connectivity index (χ1n) is 10.2. The molecule has 0 saturated carbocycles. The molecule has 3 amide bonds. The molecule has 0 atom stereocenters. The van der Waals surface area contributed by atoms with Gasteiger partial charge in [0.15, 0.2) is 0 Å². The van der Waals surface area contributed by atoms with Gasteiger partial charge in [0.2, 0.25) is 0 Å². The summed E-state index contributed by atoms with van der Waals surface area (Å²) in [6.45, 7) is 1.24. The molecule has 31 heavy (non-hydrogen) atoms. The Balaban J connectivity index is 1.24. The second-order valence-corrected chi connectivity index (χ2v) is 7.58. The van der Waals surface area contributed by atoms with Gasteiger partial charge in [-0.1, -0.05) is 12.1 Å². The van der Waals surface area contributed by atoms with E-state index in [1.807, 2.05) is 12.1 Å². The van der Waals surface area contributed by atoms with E-state index in [1.54, 1.807) is 18.2 Å². The van der Waals surface area contributed by atoms with Crippen molar-refractivity contribution in [3.63, 3.8) is 0 Å². The third kappa shape index (κ3) is 3.59. The predicted molar refractivity (Wildman–Crippen MR) is 111 cm³/mol. The number of amides is 3. The number of rotatable bonds is 6. The third-order valence-electron chi connectivity index (χ3n) is 5.58. The van der Waals surface area contributed by atoms with Crippen molar-refractivity contribution in [2.75, 3.05) is 13.2 Å². The Hall–Kier alpha value is -3.87. The van der Waals surface area contributed by atoms with Crippen LogP contribution < -0.4 is 10.1 Å². The summed E-state index contributed by atoms with van der Waals surface area (Å²) in [6, 6.07) is 14.1. The van der Waals surface area contributed by atoms with Crippen molar-refractivity contribution < 1.29 is 23.5 Å². The van der Waals surface area contributed by atoms with Crippen LogP contribution >= 0.6 is 0 Å². The van der Waals surface area contributed by atoms with Gasteiger partial charge >= 0.3 is 0 Å². The van der Waals surface area contributed by atoms with Gasteiger partial charge in [0, 0.05) is 18.5 Å². The maximum Gasteiger partial charge on any atom is 0.261 e. The highest BCUT2D eigenvalue weighted by atomic mass is 16.5. The molecule has 0 aliphatic carbocycles. The highest BCUT2D eigenvalue weighted by molar-refractivity contribution is 6.22. The van der Waals surface area contributed by atoms with E-state index in [2.05, 4.69) is 11.4 Å². The Morgan fingerprint density at radius 3 is 2.74 bits per heavy atom. The number of nitrogens with one attached hydrogen (secondary N) is 1. The monoisotopic (exact) mass is 416 g/mol. The summed E-state index contributed by atoms with van der Waals surface area (Å²) in [4.78, 5) is 39.0. The minimum atomic E-state index is -0.425. The van der Waals surface area contributed by atoms with E-state index in [0.29, 0.717) is 36.5 Å². The fourth-order valence-electron chi connectivity index (χ4n) is 3.95. The quantitative estimate of drug-likeness (QED) is 0.624. The van der Waals surface area contributed by atoms with E-state index in [1.165, 1.54) is 24.0 Å². The summed E-state index contributed by atoms with van der Waals surface area (Å²) < 4.78 is 10.8. The Morgan fingerprint density at radius 1 is 1.03 bits per heavy atom. The van der Waals surface area contributed by atoms with Crippen LogP contribution in [-0.2, 0) is 19.4 Å². The van der Waals surface area contributed by atoms with Gasteiger partial charge in [-0.05, 0) is 53.9 Å². The van der Waals surface area contributed by atoms with Crippen LogP contribution in [0.5, 0.6) is 5.75 Å². The van der Waals surface area contributed by atoms with E-state index >= 15 is 0 Å². The lowest BCUT2D eigenvalue weighted by atomic mass is 10.0. The number of imide groups is 1. The van der Waals surface area contributed by atoms with E-state index < -0.39 is 5.91 Å². The summed E-state index contributed by atoms with van der Waals surface area (Å²) in [6.07, 6.45) is 3.10. The molecule has 2 aromatic carbocycles. The molecule has 7 nitrogen and oxygen atoms in total. The van der Waals surface area contributed by atoms with Crippen molar-refractivity contribution in [1.82, 2.24) is 10.2 Å². The van der Waals surface area contributed by atoms with Crippen molar-refractivity contribution in [1.29, 1.82) is 0 Å². The van der Waals surface area contributed by atoms with Gasteiger partial charge < -0.3 is 14.5 Å². The lowest BCUT2D eigenvalue weighted by Crippen LogP contribution is -2.28. The molecule has 1 aromatic heterocycles. The van der Waals surface area contributed by atoms with Crippen molar-refractivity contribution >= 4 is 17.7 Å². The molecule has 0 saturated heterocycles. The normalized spacial score (nSPS) is 14.4. The van der Waals surface area contributed by atoms with Crippen LogP contribution in [0.15, 0.2) is 59.2 Å². The Bertz CT molecular complexity index is 1180. The van der Waals surface area contributed by atoms with Gasteiger partial charge in [-0.2, -0.15) is 0 Å². The smallest absolute Gasteiger partial charge is 0.261 e. The highest BCUT2D eigenvalue weighted by Gasteiger charge is 2.36. The average molecular weight is 416 g/mol. The topological polar surface area (TPSA) is 88.8 Å². The molecular formula is C24H20N2O5. The van der Waals surface area contributed by atoms with Gasteiger partial charge in [0.1, 0.15) is 11.5 Å². The zero-order valence-electron chi connectivity index (χ0n) is 16.7. The fraction of sp³-hybridized carbons (Fsp3) is 0.208. The number of benzene rings is 2. The first-order valence-corrected chi connectivity index (χ1v) is 10.2. The lowest BCUT2D eigenvalue weighted by Gasteiger charge is -2.11. The number of furan rings is 1. The van der Waals surface area contributed by atoms with Crippen LogP contribution in [0.3, 0.4) is 0 Å². The van der Waals surface area contributed by atoms with E-state index in [-0.39, 0.29) is 23.9 Å². The Morgan fingerprint density at radius 2 is 1.90 bits per heavy atom. The second-order valence-electron chi connectivity index (χ2n) is 7.58. The van der Waals surface area contributed by atoms with Gasteiger partial charge in [-0.3, -0.25) is 19.3 Å². The largest absolute Gasteiger partial charge is 0.493 e. The van der Waals surface area contributed by atoms with Crippen molar-refractivity contribution in [2.45, 2.75) is 19.4 Å². The molecule has 0 radical (unpaired) electrons. The number of carbonyl (C=O) groups is 3. The van der Waals surface area contributed by atoms with Gasteiger partial charge in [0.25, 0.3) is 17.7 Å². The van der Waals surface area contributed by atoms with Crippen LogP contribution in [0.25, 0.3) is 0 Å². The maximum absolute atomic E-state index is 12.7. The van der Waals surface area contributed by atoms with Crippen molar-refractivity contribution in [3.8, 4) is 5.75 Å². The van der Waals surface area contributed by atoms with Gasteiger partial charge in [-0.15, -0.1) is 0 Å². The highest BCUT2D eigenvalue weighted by Crippen LogP contribution is 2.27. The predicted octanol–water partition coefficient (Wildman–Crippen LogP) is 2.98. The number of fused-ring (bicyclic) bond motifs is 2. The minimum absolute atomic E-state index is 0.0622. The molecule has 0 spiro atoms. The number of ether oxygens (including phenoxy) is 1. The SMILES string of the molecule is O=C(NCCc1ccc2c(c1)CCO2)c1ccc2c(c1)C(=O)N(Cc1ccco1)C2=O. The summed E-state index contributed by atoms with van der Waals surface area (Å²) in [5.74, 6) is 0.365. The first-order chi connectivity index (χ1) is 15.1. The third-order valence-corrected chi connectivity index (χ3v) is 5.58. The van der Waals surface area contributed by atoms with Crippen molar-refractivity contribution in [3.05, 3.63) is 88.4 Å². The zero-order valence-corrected chi connectivity index (χ0v) is 16.7. The molecule has 156 valence electrons. The van der Waals surface area contributed by atoms with Crippen LogP contribution in [0.2, 0.25) is 0 Å². The standard InChI is InChI=1S/C24H20N2O5/c27-22(25-9-7-15-3-6-21-16(12-15)8-11-31-21)17-4-5-19-20(13-17)24(29)26(23(19)28)14-18-2-1-10-30-18/h1-6,10,12-13H,7-9,11,14H2,(H,25,27). The Kier molecular flexibility index (Phi) is 4.78. The molecule has 2 aliphatic heterocycles. The number of hydrogen-bond acceptors (Lipinski definition) is 5. The molecule has 5 rings (SSSR count). The summed E-state index contributed by atoms with van der Waals surface area (Å²) in [5.41, 5.74) is 3.22. The lowest BCUT2D eigenvalue weighted by molar-refractivity contribution is 0.0631. The van der Waals surface area contributed by atoms with Crippen molar-refractivity contribution in [2.24, 2.45) is 0 Å². The second kappa shape index (κ2) is 7.75. The molecule has 7 heteroatoms. The number of nitrogens with zero attached hydrogens (tertiary/aromatic N) is 1. The van der Waals surface area contributed by atoms with E-state index in [4.69, 9.17) is 9.15 Å². The summed E-state index contributed by atoms with van der Waals surface area (Å²) in [5, 5.41) is 2.88. The minimum Gasteiger partial charge on any atom is -0.493 e. The van der Waals surface area contributed by atoms with E-state index in [9.17, 15) is 14.4 Å². The van der Waals surface area contributed by atoms with E-state index in [0.717, 1.165) is 22.6 Å². The van der Waals surface area contributed by atoms with Crippen LogP contribution in [0, 0.1) is 0 Å².